The largest absolute Gasteiger partial charge is 0.379 e. The van der Waals surface area contributed by atoms with Crippen LogP contribution in [0.15, 0.2) is 0 Å². The quantitative estimate of drug-likeness (QED) is 0.677. The van der Waals surface area contributed by atoms with Gasteiger partial charge in [-0.15, -0.1) is 0 Å². The van der Waals surface area contributed by atoms with Crippen LogP contribution in [0, 0.1) is 0 Å². The van der Waals surface area contributed by atoms with E-state index in [-0.39, 0.29) is 18.3 Å². The smallest absolute Gasteiger partial charge is 0.164 e. The Morgan fingerprint density at radius 3 is 2.38 bits per heavy atom. The molecule has 21 heavy (non-hydrogen) atoms. The molecule has 0 aromatic carbocycles. The Bertz CT molecular complexity index is 329. The number of unbranched alkanes of at least 4 members (excludes halogenated alkanes) is 2. The van der Waals surface area contributed by atoms with Crippen molar-refractivity contribution in [3.8, 4) is 0 Å². The van der Waals surface area contributed by atoms with Gasteiger partial charge < -0.3 is 23.7 Å². The van der Waals surface area contributed by atoms with Crippen LogP contribution in [0.2, 0.25) is 0 Å². The molecule has 2 aliphatic rings. The maximum atomic E-state index is 6.01. The third-order valence-corrected chi connectivity index (χ3v) is 3.79. The number of rotatable bonds is 7. The Hall–Kier alpha value is -0.200. The average molecular weight is 302 g/mol. The van der Waals surface area contributed by atoms with Gasteiger partial charge in [0.15, 0.2) is 11.6 Å². The first-order chi connectivity index (χ1) is 9.83. The van der Waals surface area contributed by atoms with Crippen LogP contribution >= 0.6 is 0 Å². The highest BCUT2D eigenvalue weighted by Crippen LogP contribution is 2.35. The van der Waals surface area contributed by atoms with Crippen LogP contribution in [0.4, 0.5) is 0 Å². The van der Waals surface area contributed by atoms with Gasteiger partial charge in [-0.1, -0.05) is 19.8 Å². The van der Waals surface area contributed by atoms with Crippen LogP contribution in [0.5, 0.6) is 0 Å². The van der Waals surface area contributed by atoms with E-state index >= 15 is 0 Å². The first-order valence-electron chi connectivity index (χ1n) is 8.08. The molecule has 124 valence electrons. The lowest BCUT2D eigenvalue weighted by molar-refractivity contribution is -0.175. The Labute approximate surface area is 128 Å². The zero-order chi connectivity index (χ0) is 15.5. The van der Waals surface area contributed by atoms with Crippen molar-refractivity contribution < 1.29 is 23.7 Å². The van der Waals surface area contributed by atoms with Crippen LogP contribution in [0.3, 0.4) is 0 Å². The molecule has 0 radical (unpaired) electrons. The first kappa shape index (κ1) is 17.2. The van der Waals surface area contributed by atoms with Crippen molar-refractivity contribution in [2.75, 3.05) is 19.8 Å². The number of hydrogen-bond acceptors (Lipinski definition) is 5. The second-order valence-corrected chi connectivity index (χ2v) is 6.79. The summed E-state index contributed by atoms with van der Waals surface area (Å²) in [6, 6.07) is 0. The van der Waals surface area contributed by atoms with Crippen molar-refractivity contribution in [3.63, 3.8) is 0 Å². The van der Waals surface area contributed by atoms with Gasteiger partial charge in [0.2, 0.25) is 0 Å². The Balaban J connectivity index is 1.85. The third kappa shape index (κ3) is 4.89. The van der Waals surface area contributed by atoms with Crippen LogP contribution in [-0.4, -0.2) is 49.7 Å². The molecule has 2 rings (SSSR count). The summed E-state index contributed by atoms with van der Waals surface area (Å²) in [7, 11) is 0. The fourth-order valence-electron chi connectivity index (χ4n) is 2.84. The van der Waals surface area contributed by atoms with E-state index in [0.717, 1.165) is 13.0 Å². The van der Waals surface area contributed by atoms with Crippen LogP contribution in [0.25, 0.3) is 0 Å². The minimum absolute atomic E-state index is 0.106. The molecule has 5 nitrogen and oxygen atoms in total. The summed E-state index contributed by atoms with van der Waals surface area (Å²) in [6.07, 6.45) is 3.13. The van der Waals surface area contributed by atoms with E-state index in [1.165, 1.54) is 12.8 Å². The van der Waals surface area contributed by atoms with Crippen molar-refractivity contribution in [2.24, 2.45) is 0 Å². The molecule has 0 amide bonds. The minimum atomic E-state index is -0.599. The molecule has 3 atom stereocenters. The molecule has 2 saturated heterocycles. The molecule has 2 fully saturated rings. The van der Waals surface area contributed by atoms with E-state index in [1.54, 1.807) is 0 Å². The van der Waals surface area contributed by atoms with Crippen molar-refractivity contribution in [1.29, 1.82) is 0 Å². The molecule has 0 N–H and O–H groups in total. The van der Waals surface area contributed by atoms with E-state index in [2.05, 4.69) is 6.92 Å². The molecule has 0 unspecified atom stereocenters. The molecule has 0 aromatic rings. The van der Waals surface area contributed by atoms with Gasteiger partial charge in [-0.25, -0.2) is 0 Å². The molecule has 0 spiro atoms. The van der Waals surface area contributed by atoms with Crippen molar-refractivity contribution in [3.05, 3.63) is 0 Å². The van der Waals surface area contributed by atoms with Crippen molar-refractivity contribution in [1.82, 2.24) is 0 Å². The Morgan fingerprint density at radius 2 is 1.76 bits per heavy atom. The molecule has 0 aromatic heterocycles. The van der Waals surface area contributed by atoms with Gasteiger partial charge in [-0.2, -0.15) is 0 Å². The predicted octanol–water partition coefficient (Wildman–Crippen LogP) is 2.86. The number of hydrogen-bond donors (Lipinski definition) is 0. The van der Waals surface area contributed by atoms with Crippen LogP contribution < -0.4 is 0 Å². The molecule has 5 heteroatoms. The Morgan fingerprint density at radius 1 is 1.00 bits per heavy atom. The molecule has 0 aliphatic carbocycles. The first-order valence-corrected chi connectivity index (χ1v) is 8.08. The standard InChI is InChI=1S/C16H30O5/c1-6-7-8-9-17-10-12-14(21-16(4,5)20-12)13-11-18-15(2,3)19-13/h12-14H,6-11H2,1-5H3/t12-,13+,14+/m0/s1. The van der Waals surface area contributed by atoms with Gasteiger partial charge >= 0.3 is 0 Å². The molecule has 0 bridgehead atoms. The van der Waals surface area contributed by atoms with Crippen molar-refractivity contribution in [2.45, 2.75) is 83.8 Å². The minimum Gasteiger partial charge on any atom is -0.379 e. The van der Waals surface area contributed by atoms with Gasteiger partial charge in [-0.05, 0) is 34.1 Å². The van der Waals surface area contributed by atoms with Gasteiger partial charge in [0, 0.05) is 6.61 Å². The summed E-state index contributed by atoms with van der Waals surface area (Å²) < 4.78 is 29.3. The predicted molar refractivity (Wildman–Crippen MR) is 79.1 cm³/mol. The molecule has 2 aliphatic heterocycles. The summed E-state index contributed by atoms with van der Waals surface area (Å²) in [5.41, 5.74) is 0. The lowest BCUT2D eigenvalue weighted by Crippen LogP contribution is -2.40. The van der Waals surface area contributed by atoms with Gasteiger partial charge in [0.05, 0.1) is 13.2 Å². The summed E-state index contributed by atoms with van der Waals surface area (Å²) >= 11 is 0. The van der Waals surface area contributed by atoms with Crippen LogP contribution in [0.1, 0.15) is 53.9 Å². The summed E-state index contributed by atoms with van der Waals surface area (Å²) in [4.78, 5) is 0. The zero-order valence-electron chi connectivity index (χ0n) is 14.0. The normalized spacial score (nSPS) is 34.4. The number of ether oxygens (including phenoxy) is 5. The fourth-order valence-corrected chi connectivity index (χ4v) is 2.84. The fraction of sp³-hybridized carbons (Fsp3) is 1.00. The summed E-state index contributed by atoms with van der Waals surface area (Å²) in [6.45, 7) is 11.7. The monoisotopic (exact) mass is 302 g/mol. The van der Waals surface area contributed by atoms with Crippen molar-refractivity contribution >= 4 is 0 Å². The third-order valence-electron chi connectivity index (χ3n) is 3.79. The maximum absolute atomic E-state index is 6.01. The van der Waals surface area contributed by atoms with E-state index < -0.39 is 11.6 Å². The highest BCUT2D eigenvalue weighted by Gasteiger charge is 2.49. The molecular formula is C16H30O5. The Kier molecular flexibility index (Phi) is 5.65. The zero-order valence-corrected chi connectivity index (χ0v) is 14.0. The average Bonchev–Trinajstić information content (AvgIpc) is 2.88. The van der Waals surface area contributed by atoms with E-state index in [9.17, 15) is 0 Å². The molecular weight excluding hydrogens is 272 g/mol. The summed E-state index contributed by atoms with van der Waals surface area (Å²) in [5.74, 6) is -1.15. The maximum Gasteiger partial charge on any atom is 0.164 e. The van der Waals surface area contributed by atoms with Crippen LogP contribution in [-0.2, 0) is 23.7 Å². The lowest BCUT2D eigenvalue weighted by Gasteiger charge is -2.23. The SMILES string of the molecule is CCCCCOC[C@@H]1OC(C)(C)O[C@H]1[C@H]1COC(C)(C)O1. The second kappa shape index (κ2) is 6.92. The van der Waals surface area contributed by atoms with E-state index in [0.29, 0.717) is 13.2 Å². The topological polar surface area (TPSA) is 46.2 Å². The second-order valence-electron chi connectivity index (χ2n) is 6.79. The molecule has 0 saturated carbocycles. The van der Waals surface area contributed by atoms with E-state index in [4.69, 9.17) is 23.7 Å². The van der Waals surface area contributed by atoms with Gasteiger partial charge in [-0.3, -0.25) is 0 Å². The van der Waals surface area contributed by atoms with Gasteiger partial charge in [0.1, 0.15) is 18.3 Å². The summed E-state index contributed by atoms with van der Waals surface area (Å²) in [5, 5.41) is 0. The molecule has 2 heterocycles. The highest BCUT2D eigenvalue weighted by atomic mass is 16.8. The van der Waals surface area contributed by atoms with Gasteiger partial charge in [0.25, 0.3) is 0 Å². The highest BCUT2D eigenvalue weighted by molar-refractivity contribution is 4.90. The van der Waals surface area contributed by atoms with E-state index in [1.807, 2.05) is 27.7 Å². The lowest BCUT2D eigenvalue weighted by atomic mass is 10.1.